The monoisotopic (exact) mass is 228 g/mol. The molecule has 0 aromatic heterocycles. The summed E-state index contributed by atoms with van der Waals surface area (Å²) in [5.74, 6) is 5.78. The second-order valence-electron chi connectivity index (χ2n) is 3.14. The molecule has 0 spiro atoms. The van der Waals surface area contributed by atoms with Gasteiger partial charge in [0.1, 0.15) is 5.75 Å². The van der Waals surface area contributed by atoms with Crippen LogP contribution in [0.2, 0.25) is 5.02 Å². The molecule has 1 aromatic carbocycles. The molecule has 15 heavy (non-hydrogen) atoms. The van der Waals surface area contributed by atoms with E-state index in [1.54, 1.807) is 25.3 Å². The van der Waals surface area contributed by atoms with E-state index in [-0.39, 0.29) is 12.3 Å². The number of amides is 1. The first-order valence-electron chi connectivity index (χ1n) is 4.38. The largest absolute Gasteiger partial charge is 0.497 e. The molecule has 0 heterocycles. The summed E-state index contributed by atoms with van der Waals surface area (Å²) < 4.78 is 5.00. The fourth-order valence-corrected chi connectivity index (χ4v) is 1.32. The van der Waals surface area contributed by atoms with Crippen LogP contribution in [-0.2, 0) is 11.2 Å². The van der Waals surface area contributed by atoms with Crippen molar-refractivity contribution in [1.82, 2.24) is 5.01 Å². The van der Waals surface area contributed by atoms with Crippen LogP contribution in [-0.4, -0.2) is 25.1 Å². The van der Waals surface area contributed by atoms with Crippen LogP contribution >= 0.6 is 11.6 Å². The van der Waals surface area contributed by atoms with Crippen molar-refractivity contribution in [2.24, 2.45) is 5.84 Å². The number of benzene rings is 1. The van der Waals surface area contributed by atoms with Gasteiger partial charge in [0.25, 0.3) is 0 Å². The first kappa shape index (κ1) is 11.8. The molecule has 2 N–H and O–H groups in total. The number of hydrazine groups is 1. The predicted octanol–water partition coefficient (Wildman–Crippen LogP) is 1.22. The minimum absolute atomic E-state index is 0.190. The highest BCUT2D eigenvalue weighted by molar-refractivity contribution is 6.31. The van der Waals surface area contributed by atoms with Gasteiger partial charge in [0.05, 0.1) is 13.5 Å². The van der Waals surface area contributed by atoms with Gasteiger partial charge in [0, 0.05) is 12.1 Å². The van der Waals surface area contributed by atoms with Crippen LogP contribution in [0.4, 0.5) is 0 Å². The van der Waals surface area contributed by atoms with E-state index in [0.29, 0.717) is 10.8 Å². The molecule has 0 aliphatic carbocycles. The van der Waals surface area contributed by atoms with Gasteiger partial charge in [-0.3, -0.25) is 9.80 Å². The van der Waals surface area contributed by atoms with Gasteiger partial charge in [-0.15, -0.1) is 0 Å². The number of carbonyl (C=O) groups excluding carboxylic acids is 1. The lowest BCUT2D eigenvalue weighted by molar-refractivity contribution is -0.129. The van der Waals surface area contributed by atoms with Crippen LogP contribution in [0.15, 0.2) is 18.2 Å². The van der Waals surface area contributed by atoms with Crippen molar-refractivity contribution < 1.29 is 9.53 Å². The highest BCUT2D eigenvalue weighted by Gasteiger charge is 2.09. The van der Waals surface area contributed by atoms with Crippen LogP contribution < -0.4 is 10.6 Å². The molecule has 0 aliphatic heterocycles. The molecule has 1 aromatic rings. The molecule has 5 heteroatoms. The van der Waals surface area contributed by atoms with Gasteiger partial charge in [-0.2, -0.15) is 0 Å². The van der Waals surface area contributed by atoms with Gasteiger partial charge >= 0.3 is 0 Å². The van der Waals surface area contributed by atoms with Crippen molar-refractivity contribution >= 4 is 17.5 Å². The van der Waals surface area contributed by atoms with Crippen molar-refractivity contribution in [1.29, 1.82) is 0 Å². The highest BCUT2D eigenvalue weighted by Crippen LogP contribution is 2.22. The second-order valence-corrected chi connectivity index (χ2v) is 3.55. The van der Waals surface area contributed by atoms with Crippen molar-refractivity contribution in [3.05, 3.63) is 28.8 Å². The zero-order chi connectivity index (χ0) is 11.4. The van der Waals surface area contributed by atoms with E-state index in [9.17, 15) is 4.79 Å². The molecule has 0 saturated heterocycles. The van der Waals surface area contributed by atoms with E-state index >= 15 is 0 Å². The van der Waals surface area contributed by atoms with Crippen LogP contribution in [0.3, 0.4) is 0 Å². The van der Waals surface area contributed by atoms with E-state index < -0.39 is 0 Å². The lowest BCUT2D eigenvalue weighted by Crippen LogP contribution is -2.34. The quantitative estimate of drug-likeness (QED) is 0.481. The number of rotatable bonds is 3. The fraction of sp³-hybridized carbons (Fsp3) is 0.300. The Hall–Kier alpha value is -1.26. The van der Waals surface area contributed by atoms with E-state index in [1.807, 2.05) is 0 Å². The van der Waals surface area contributed by atoms with Crippen molar-refractivity contribution in [3.63, 3.8) is 0 Å². The Kier molecular flexibility index (Phi) is 3.94. The Morgan fingerprint density at radius 1 is 1.60 bits per heavy atom. The molecule has 0 unspecified atom stereocenters. The molecule has 1 rings (SSSR count). The molecule has 0 bridgehead atoms. The number of hydrogen-bond acceptors (Lipinski definition) is 3. The first-order valence-corrected chi connectivity index (χ1v) is 4.76. The minimum atomic E-state index is -0.193. The normalized spacial score (nSPS) is 9.87. The molecule has 0 saturated carbocycles. The third-order valence-corrected chi connectivity index (χ3v) is 2.35. The van der Waals surface area contributed by atoms with Gasteiger partial charge in [0.15, 0.2) is 0 Å². The standard InChI is InChI=1S/C10H13ClN2O2/c1-13(12)10(14)5-7-3-4-8(15-2)6-9(7)11/h3-4,6H,5,12H2,1-2H3. The van der Waals surface area contributed by atoms with E-state index in [1.165, 1.54) is 7.05 Å². The molecule has 4 nitrogen and oxygen atoms in total. The number of nitrogens with two attached hydrogens (primary N) is 1. The number of carbonyl (C=O) groups is 1. The van der Waals surface area contributed by atoms with Crippen LogP contribution in [0.25, 0.3) is 0 Å². The summed E-state index contributed by atoms with van der Waals surface area (Å²) >= 11 is 5.97. The topological polar surface area (TPSA) is 55.6 Å². The van der Waals surface area contributed by atoms with Crippen LogP contribution in [0, 0.1) is 0 Å². The van der Waals surface area contributed by atoms with E-state index in [4.69, 9.17) is 22.2 Å². The second kappa shape index (κ2) is 5.00. The molecular formula is C10H13ClN2O2. The van der Waals surface area contributed by atoms with E-state index in [2.05, 4.69) is 0 Å². The smallest absolute Gasteiger partial charge is 0.240 e. The molecule has 0 fully saturated rings. The number of likely N-dealkylation sites (N-methyl/N-ethyl adjacent to an activating group) is 1. The molecule has 1 amide bonds. The summed E-state index contributed by atoms with van der Waals surface area (Å²) in [4.78, 5) is 11.3. The molecule has 0 radical (unpaired) electrons. The van der Waals surface area contributed by atoms with Crippen LogP contribution in [0.5, 0.6) is 5.75 Å². The Morgan fingerprint density at radius 2 is 2.27 bits per heavy atom. The SMILES string of the molecule is COc1ccc(CC(=O)N(C)N)c(Cl)c1. The van der Waals surface area contributed by atoms with Crippen LogP contribution in [0.1, 0.15) is 5.56 Å². The summed E-state index contributed by atoms with van der Waals surface area (Å²) in [6.45, 7) is 0. The van der Waals surface area contributed by atoms with Gasteiger partial charge in [0.2, 0.25) is 5.91 Å². The van der Waals surface area contributed by atoms with Crippen molar-refractivity contribution in [2.75, 3.05) is 14.2 Å². The Balaban J connectivity index is 2.83. The number of ether oxygens (including phenoxy) is 1. The highest BCUT2D eigenvalue weighted by atomic mass is 35.5. The Bertz CT molecular complexity index is 366. The molecule has 82 valence electrons. The average molecular weight is 229 g/mol. The van der Waals surface area contributed by atoms with Crippen molar-refractivity contribution in [3.8, 4) is 5.75 Å². The lowest BCUT2D eigenvalue weighted by Gasteiger charge is -2.11. The molecule has 0 atom stereocenters. The maximum Gasteiger partial charge on any atom is 0.240 e. The molecule has 0 aliphatic rings. The summed E-state index contributed by atoms with van der Waals surface area (Å²) in [5.41, 5.74) is 0.736. The fourth-order valence-electron chi connectivity index (χ4n) is 1.09. The predicted molar refractivity (Wildman–Crippen MR) is 58.7 cm³/mol. The zero-order valence-electron chi connectivity index (χ0n) is 8.66. The Labute approximate surface area is 93.5 Å². The third kappa shape index (κ3) is 3.11. The lowest BCUT2D eigenvalue weighted by atomic mass is 10.1. The third-order valence-electron chi connectivity index (χ3n) is 2.00. The maximum atomic E-state index is 11.3. The van der Waals surface area contributed by atoms with Crippen molar-refractivity contribution in [2.45, 2.75) is 6.42 Å². The summed E-state index contributed by atoms with van der Waals surface area (Å²) in [5, 5.41) is 1.55. The van der Waals surface area contributed by atoms with Gasteiger partial charge in [-0.05, 0) is 17.7 Å². The maximum absolute atomic E-state index is 11.3. The van der Waals surface area contributed by atoms with Gasteiger partial charge < -0.3 is 4.74 Å². The minimum Gasteiger partial charge on any atom is -0.497 e. The summed E-state index contributed by atoms with van der Waals surface area (Å²) in [7, 11) is 3.06. The average Bonchev–Trinajstić information content (AvgIpc) is 2.20. The zero-order valence-corrected chi connectivity index (χ0v) is 9.41. The summed E-state index contributed by atoms with van der Waals surface area (Å²) in [6.07, 6.45) is 0.190. The van der Waals surface area contributed by atoms with Gasteiger partial charge in [-0.25, -0.2) is 5.84 Å². The number of hydrogen-bond donors (Lipinski definition) is 1. The van der Waals surface area contributed by atoms with E-state index in [0.717, 1.165) is 10.6 Å². The summed E-state index contributed by atoms with van der Waals surface area (Å²) in [6, 6.07) is 5.17. The number of nitrogens with zero attached hydrogens (tertiary/aromatic N) is 1. The molecular weight excluding hydrogens is 216 g/mol. The number of halogens is 1. The number of methoxy groups -OCH3 is 1. The first-order chi connectivity index (χ1) is 7.04. The van der Waals surface area contributed by atoms with Gasteiger partial charge in [-0.1, -0.05) is 17.7 Å². The Morgan fingerprint density at radius 3 is 2.73 bits per heavy atom.